The average Bonchev–Trinajstić information content (AvgIpc) is 2.82. The summed E-state index contributed by atoms with van der Waals surface area (Å²) in [7, 11) is -2.29. The maximum atomic E-state index is 12.7. The topological polar surface area (TPSA) is 79.0 Å². The number of ether oxygens (including phenoxy) is 1. The van der Waals surface area contributed by atoms with Gasteiger partial charge in [0.2, 0.25) is 10.0 Å². The summed E-state index contributed by atoms with van der Waals surface area (Å²) in [4.78, 5) is 17.5. The molecule has 174 valence electrons. The first-order chi connectivity index (χ1) is 15.4. The molecule has 2 aromatic rings. The highest BCUT2D eigenvalue weighted by atomic mass is 32.2. The lowest BCUT2D eigenvalue weighted by atomic mass is 10.1. The standard InChI is InChI=1S/C24H33N3O4S/c1-3-25-32(29,30)24-19-20(12-13-23(24)31-2)22(28)11-7-8-14-26-15-17-27(18-16-26)21-9-5-4-6-10-21/h4-6,9-10,12-13,19,25H,3,7-8,11,14-18H2,1-2H3. The van der Waals surface area contributed by atoms with E-state index in [1.54, 1.807) is 19.1 Å². The number of hydrogen-bond donors (Lipinski definition) is 1. The summed E-state index contributed by atoms with van der Waals surface area (Å²) >= 11 is 0. The Morgan fingerprint density at radius 2 is 1.75 bits per heavy atom. The number of nitrogens with zero attached hydrogens (tertiary/aromatic N) is 2. The van der Waals surface area contributed by atoms with Crippen molar-refractivity contribution >= 4 is 21.5 Å². The van der Waals surface area contributed by atoms with E-state index in [1.807, 2.05) is 6.07 Å². The summed E-state index contributed by atoms with van der Waals surface area (Å²) in [6.07, 6.45) is 2.12. The smallest absolute Gasteiger partial charge is 0.244 e. The van der Waals surface area contributed by atoms with Gasteiger partial charge in [-0.1, -0.05) is 25.1 Å². The van der Waals surface area contributed by atoms with Gasteiger partial charge in [0.15, 0.2) is 5.78 Å². The van der Waals surface area contributed by atoms with Crippen LogP contribution in [0.1, 0.15) is 36.5 Å². The molecule has 1 saturated heterocycles. The summed E-state index contributed by atoms with van der Waals surface area (Å²) in [5.74, 6) is 0.187. The highest BCUT2D eigenvalue weighted by Crippen LogP contribution is 2.25. The molecule has 1 fully saturated rings. The van der Waals surface area contributed by atoms with E-state index in [-0.39, 0.29) is 23.0 Å². The molecule has 0 bridgehead atoms. The zero-order valence-electron chi connectivity index (χ0n) is 18.9. The quantitative estimate of drug-likeness (QED) is 0.411. The van der Waals surface area contributed by atoms with E-state index in [9.17, 15) is 13.2 Å². The molecule has 8 heteroatoms. The average molecular weight is 460 g/mol. The van der Waals surface area contributed by atoms with Crippen molar-refractivity contribution in [1.82, 2.24) is 9.62 Å². The summed E-state index contributed by atoms with van der Waals surface area (Å²) in [6.45, 7) is 7.01. The van der Waals surface area contributed by atoms with E-state index in [0.29, 0.717) is 12.0 Å². The Morgan fingerprint density at radius 1 is 1.03 bits per heavy atom. The molecule has 7 nitrogen and oxygen atoms in total. The maximum Gasteiger partial charge on any atom is 0.244 e. The molecular formula is C24H33N3O4S. The normalized spacial score (nSPS) is 15.0. The minimum Gasteiger partial charge on any atom is -0.495 e. The third-order valence-electron chi connectivity index (χ3n) is 5.73. The monoisotopic (exact) mass is 459 g/mol. The first-order valence-electron chi connectivity index (χ1n) is 11.2. The van der Waals surface area contributed by atoms with Gasteiger partial charge in [0.1, 0.15) is 10.6 Å². The van der Waals surface area contributed by atoms with Crippen LogP contribution in [-0.4, -0.2) is 65.5 Å². The van der Waals surface area contributed by atoms with E-state index in [4.69, 9.17) is 4.74 Å². The Kier molecular flexibility index (Phi) is 8.67. The molecule has 0 saturated carbocycles. The number of methoxy groups -OCH3 is 1. The molecule has 0 unspecified atom stereocenters. The van der Waals surface area contributed by atoms with Gasteiger partial charge in [-0.3, -0.25) is 9.69 Å². The number of carbonyl (C=O) groups is 1. The number of nitrogens with one attached hydrogen (secondary N) is 1. The number of benzene rings is 2. The van der Waals surface area contributed by atoms with Gasteiger partial charge >= 0.3 is 0 Å². The molecule has 0 atom stereocenters. The van der Waals surface area contributed by atoms with E-state index in [0.717, 1.165) is 45.6 Å². The summed E-state index contributed by atoms with van der Waals surface area (Å²) in [5, 5.41) is 0. The van der Waals surface area contributed by atoms with Crippen molar-refractivity contribution in [2.24, 2.45) is 0 Å². The van der Waals surface area contributed by atoms with Gasteiger partial charge in [0.05, 0.1) is 7.11 Å². The fraction of sp³-hybridized carbons (Fsp3) is 0.458. The van der Waals surface area contributed by atoms with Crippen molar-refractivity contribution in [2.45, 2.75) is 31.1 Å². The fourth-order valence-corrected chi connectivity index (χ4v) is 5.20. The number of anilines is 1. The van der Waals surface area contributed by atoms with Gasteiger partial charge in [0, 0.05) is 50.4 Å². The van der Waals surface area contributed by atoms with E-state index in [2.05, 4.69) is 38.8 Å². The number of ketones is 1. The third-order valence-corrected chi connectivity index (χ3v) is 7.30. The van der Waals surface area contributed by atoms with Crippen LogP contribution in [0.2, 0.25) is 0 Å². The van der Waals surface area contributed by atoms with Gasteiger partial charge in [-0.05, 0) is 49.7 Å². The third kappa shape index (κ3) is 6.31. The molecule has 0 amide bonds. The van der Waals surface area contributed by atoms with Crippen molar-refractivity contribution in [3.05, 3.63) is 54.1 Å². The summed E-state index contributed by atoms with van der Waals surface area (Å²) in [5.41, 5.74) is 1.67. The number of para-hydroxylation sites is 1. The van der Waals surface area contributed by atoms with Gasteiger partial charge in [0.25, 0.3) is 0 Å². The van der Waals surface area contributed by atoms with Crippen molar-refractivity contribution in [3.63, 3.8) is 0 Å². The highest BCUT2D eigenvalue weighted by Gasteiger charge is 2.21. The Bertz CT molecular complexity index is 988. The Balaban J connectivity index is 1.46. The number of hydrogen-bond acceptors (Lipinski definition) is 6. The first kappa shape index (κ1) is 24.2. The molecular weight excluding hydrogens is 426 g/mol. The van der Waals surface area contributed by atoms with Crippen LogP contribution in [0.3, 0.4) is 0 Å². The van der Waals surface area contributed by atoms with Crippen LogP contribution < -0.4 is 14.4 Å². The fourth-order valence-electron chi connectivity index (χ4n) is 3.96. The second kappa shape index (κ2) is 11.4. The second-order valence-corrected chi connectivity index (χ2v) is 9.65. The minimum absolute atomic E-state index is 0.00369. The van der Waals surface area contributed by atoms with E-state index >= 15 is 0 Å². The largest absolute Gasteiger partial charge is 0.495 e. The number of sulfonamides is 1. The van der Waals surface area contributed by atoms with Crippen LogP contribution >= 0.6 is 0 Å². The van der Waals surface area contributed by atoms with E-state index in [1.165, 1.54) is 18.9 Å². The minimum atomic E-state index is -3.71. The zero-order chi connectivity index (χ0) is 23.0. The first-order valence-corrected chi connectivity index (χ1v) is 12.7. The SMILES string of the molecule is CCNS(=O)(=O)c1cc(C(=O)CCCCN2CCN(c3ccccc3)CC2)ccc1OC. The molecule has 0 aliphatic carbocycles. The molecule has 2 aromatic carbocycles. The molecule has 3 rings (SSSR count). The number of piperazine rings is 1. The number of carbonyl (C=O) groups excluding carboxylic acids is 1. The Morgan fingerprint density at radius 3 is 2.41 bits per heavy atom. The van der Waals surface area contributed by atoms with Gasteiger partial charge in [-0.25, -0.2) is 13.1 Å². The molecule has 1 aliphatic heterocycles. The lowest BCUT2D eigenvalue weighted by Gasteiger charge is -2.36. The molecule has 1 aliphatic rings. The lowest BCUT2D eigenvalue weighted by Crippen LogP contribution is -2.46. The second-order valence-electron chi connectivity index (χ2n) is 7.91. The van der Waals surface area contributed by atoms with Crippen LogP contribution in [0, 0.1) is 0 Å². The van der Waals surface area contributed by atoms with E-state index < -0.39 is 10.0 Å². The van der Waals surface area contributed by atoms with Crippen LogP contribution in [-0.2, 0) is 10.0 Å². The van der Waals surface area contributed by atoms with Crippen LogP contribution in [0.4, 0.5) is 5.69 Å². The summed E-state index contributed by atoms with van der Waals surface area (Å²) in [6, 6.07) is 15.1. The van der Waals surface area contributed by atoms with Gasteiger partial charge in [-0.2, -0.15) is 0 Å². The van der Waals surface area contributed by atoms with Crippen molar-refractivity contribution in [3.8, 4) is 5.75 Å². The molecule has 1 heterocycles. The molecule has 1 N–H and O–H groups in total. The summed E-state index contributed by atoms with van der Waals surface area (Å²) < 4.78 is 32.5. The molecule has 0 spiro atoms. The van der Waals surface area contributed by atoms with Crippen LogP contribution in [0.5, 0.6) is 5.75 Å². The Labute approximate surface area is 191 Å². The number of Topliss-reactive ketones (excluding diaryl/α,β-unsaturated/α-hetero) is 1. The van der Waals surface area contributed by atoms with Crippen LogP contribution in [0.25, 0.3) is 0 Å². The van der Waals surface area contributed by atoms with Gasteiger partial charge in [-0.15, -0.1) is 0 Å². The number of rotatable bonds is 11. The number of unbranched alkanes of at least 4 members (excludes halogenated alkanes) is 1. The van der Waals surface area contributed by atoms with Crippen molar-refractivity contribution in [1.29, 1.82) is 0 Å². The molecule has 32 heavy (non-hydrogen) atoms. The molecule has 0 radical (unpaired) electrons. The zero-order valence-corrected chi connectivity index (χ0v) is 19.7. The highest BCUT2D eigenvalue weighted by molar-refractivity contribution is 7.89. The van der Waals surface area contributed by atoms with Crippen molar-refractivity contribution in [2.75, 3.05) is 51.3 Å². The van der Waals surface area contributed by atoms with Crippen molar-refractivity contribution < 1.29 is 17.9 Å². The molecule has 0 aromatic heterocycles. The predicted octanol–water partition coefficient (Wildman–Crippen LogP) is 3.17. The van der Waals surface area contributed by atoms with Gasteiger partial charge < -0.3 is 9.64 Å². The van der Waals surface area contributed by atoms with Crippen LogP contribution in [0.15, 0.2) is 53.4 Å². The maximum absolute atomic E-state index is 12.7. The predicted molar refractivity (Wildman–Crippen MR) is 127 cm³/mol. The lowest BCUT2D eigenvalue weighted by molar-refractivity contribution is 0.0977. The Hall–Kier alpha value is -2.42.